The van der Waals surface area contributed by atoms with Crippen LogP contribution in [0.5, 0.6) is 0 Å². The van der Waals surface area contributed by atoms with Gasteiger partial charge in [0.05, 0.1) is 0 Å². The third-order valence-electron chi connectivity index (χ3n) is 5.34. The van der Waals surface area contributed by atoms with Crippen LogP contribution in [0, 0.1) is 0 Å². The van der Waals surface area contributed by atoms with Gasteiger partial charge >= 0.3 is 0 Å². The minimum absolute atomic E-state index is 0.662. The van der Waals surface area contributed by atoms with Crippen LogP contribution >= 0.6 is 0 Å². The SMILES string of the molecule is C=C(c1ccccc1)c1ccc2[nH]cc(C3CCN(C)CC3)c2c1. The molecule has 1 aromatic heterocycles. The first-order valence-electron chi connectivity index (χ1n) is 8.76. The van der Waals surface area contributed by atoms with Gasteiger partial charge in [-0.1, -0.05) is 43.0 Å². The minimum atomic E-state index is 0.662. The average Bonchev–Trinajstić information content (AvgIpc) is 3.05. The molecule has 0 amide bonds. The molecule has 2 heterocycles. The summed E-state index contributed by atoms with van der Waals surface area (Å²) in [4.78, 5) is 5.88. The number of H-pyrrole nitrogens is 1. The number of aromatic nitrogens is 1. The highest BCUT2D eigenvalue weighted by molar-refractivity contribution is 5.89. The zero-order valence-electron chi connectivity index (χ0n) is 14.3. The number of rotatable bonds is 3. The van der Waals surface area contributed by atoms with Crippen molar-refractivity contribution in [2.24, 2.45) is 0 Å². The van der Waals surface area contributed by atoms with Gasteiger partial charge in [0.25, 0.3) is 0 Å². The minimum Gasteiger partial charge on any atom is -0.361 e. The Hall–Kier alpha value is -2.32. The van der Waals surface area contributed by atoms with Crippen LogP contribution in [-0.2, 0) is 0 Å². The van der Waals surface area contributed by atoms with Crippen LogP contribution in [0.25, 0.3) is 16.5 Å². The Balaban J connectivity index is 1.70. The number of piperidine rings is 1. The molecule has 2 heteroatoms. The maximum Gasteiger partial charge on any atom is 0.0457 e. The topological polar surface area (TPSA) is 19.0 Å². The quantitative estimate of drug-likeness (QED) is 0.717. The Kier molecular flexibility index (Phi) is 3.99. The molecule has 1 aliphatic heterocycles. The largest absolute Gasteiger partial charge is 0.361 e. The molecule has 2 nitrogen and oxygen atoms in total. The molecule has 0 atom stereocenters. The van der Waals surface area contributed by atoms with Crippen LogP contribution in [0.2, 0.25) is 0 Å². The predicted octanol–water partition coefficient (Wildman–Crippen LogP) is 5.04. The first-order chi connectivity index (χ1) is 11.7. The van der Waals surface area contributed by atoms with Crippen molar-refractivity contribution < 1.29 is 0 Å². The number of benzene rings is 2. The number of hydrogen-bond donors (Lipinski definition) is 1. The molecule has 1 aliphatic rings. The van der Waals surface area contributed by atoms with E-state index in [0.29, 0.717) is 5.92 Å². The van der Waals surface area contributed by atoms with E-state index in [2.05, 4.69) is 72.2 Å². The molecule has 122 valence electrons. The van der Waals surface area contributed by atoms with Crippen molar-refractivity contribution in [3.05, 3.63) is 78.0 Å². The first-order valence-corrected chi connectivity index (χ1v) is 8.76. The van der Waals surface area contributed by atoms with Gasteiger partial charge < -0.3 is 9.88 Å². The van der Waals surface area contributed by atoms with Crippen LogP contribution in [-0.4, -0.2) is 30.0 Å². The van der Waals surface area contributed by atoms with Crippen LogP contribution in [0.15, 0.2) is 61.3 Å². The molecule has 1 N–H and O–H groups in total. The van der Waals surface area contributed by atoms with Gasteiger partial charge in [-0.25, -0.2) is 0 Å². The summed E-state index contributed by atoms with van der Waals surface area (Å²) in [6.45, 7) is 6.70. The predicted molar refractivity (Wildman–Crippen MR) is 102 cm³/mol. The second kappa shape index (κ2) is 6.29. The summed E-state index contributed by atoms with van der Waals surface area (Å²) < 4.78 is 0. The lowest BCUT2D eigenvalue weighted by Crippen LogP contribution is -2.29. The van der Waals surface area contributed by atoms with E-state index in [-0.39, 0.29) is 0 Å². The number of hydrogen-bond acceptors (Lipinski definition) is 1. The third kappa shape index (κ3) is 2.78. The van der Waals surface area contributed by atoms with E-state index in [1.54, 1.807) is 0 Å². The summed E-state index contributed by atoms with van der Waals surface area (Å²) in [6, 6.07) is 17.1. The molecule has 0 radical (unpaired) electrons. The number of likely N-dealkylation sites (tertiary alicyclic amines) is 1. The molecule has 0 unspecified atom stereocenters. The third-order valence-corrected chi connectivity index (χ3v) is 5.34. The summed E-state index contributed by atoms with van der Waals surface area (Å²) in [5.74, 6) is 0.662. The van der Waals surface area contributed by atoms with Gasteiger partial charge in [-0.3, -0.25) is 0 Å². The molecule has 0 bridgehead atoms. The molecule has 0 aliphatic carbocycles. The van der Waals surface area contributed by atoms with E-state index >= 15 is 0 Å². The van der Waals surface area contributed by atoms with Crippen LogP contribution in [0.3, 0.4) is 0 Å². The van der Waals surface area contributed by atoms with E-state index in [9.17, 15) is 0 Å². The number of nitrogens with one attached hydrogen (secondary N) is 1. The van der Waals surface area contributed by atoms with E-state index < -0.39 is 0 Å². The summed E-state index contributed by atoms with van der Waals surface area (Å²) in [7, 11) is 2.22. The van der Waals surface area contributed by atoms with Crippen molar-refractivity contribution in [2.45, 2.75) is 18.8 Å². The van der Waals surface area contributed by atoms with Gasteiger partial charge in [-0.2, -0.15) is 0 Å². The molecule has 1 fully saturated rings. The lowest BCUT2D eigenvalue weighted by molar-refractivity contribution is 0.256. The zero-order chi connectivity index (χ0) is 16.5. The average molecular weight is 316 g/mol. The highest BCUT2D eigenvalue weighted by atomic mass is 15.1. The second-order valence-electron chi connectivity index (χ2n) is 6.93. The smallest absolute Gasteiger partial charge is 0.0457 e. The Morgan fingerprint density at radius 1 is 1.04 bits per heavy atom. The summed E-state index contributed by atoms with van der Waals surface area (Å²) in [5.41, 5.74) is 6.19. The van der Waals surface area contributed by atoms with Crippen molar-refractivity contribution in [3.8, 4) is 0 Å². The molecular formula is C22H24N2. The van der Waals surface area contributed by atoms with E-state index in [0.717, 1.165) is 5.57 Å². The molecule has 0 spiro atoms. The lowest BCUT2D eigenvalue weighted by atomic mass is 9.88. The fourth-order valence-corrected chi connectivity index (χ4v) is 3.79. The number of nitrogens with zero attached hydrogens (tertiary/aromatic N) is 1. The lowest BCUT2D eigenvalue weighted by Gasteiger charge is -2.28. The fourth-order valence-electron chi connectivity index (χ4n) is 3.79. The maximum atomic E-state index is 4.32. The van der Waals surface area contributed by atoms with Gasteiger partial charge in [-0.15, -0.1) is 0 Å². The second-order valence-corrected chi connectivity index (χ2v) is 6.93. The molecule has 4 rings (SSSR count). The monoisotopic (exact) mass is 316 g/mol. The molecular weight excluding hydrogens is 292 g/mol. The van der Waals surface area contributed by atoms with Gasteiger partial charge in [-0.05, 0) is 73.3 Å². The van der Waals surface area contributed by atoms with E-state index in [4.69, 9.17) is 0 Å². The van der Waals surface area contributed by atoms with Gasteiger partial charge in [0.15, 0.2) is 0 Å². The Labute approximate surface area is 143 Å². The first kappa shape index (κ1) is 15.2. The van der Waals surface area contributed by atoms with Crippen molar-refractivity contribution in [1.82, 2.24) is 9.88 Å². The van der Waals surface area contributed by atoms with Crippen LogP contribution in [0.4, 0.5) is 0 Å². The number of fused-ring (bicyclic) bond motifs is 1. The standard InChI is InChI=1S/C22H24N2/c1-16(17-6-4-3-5-7-17)19-8-9-22-20(14-19)21(15-23-22)18-10-12-24(2)13-11-18/h3-9,14-15,18,23H,1,10-13H2,2H3. The van der Waals surface area contributed by atoms with Crippen molar-refractivity contribution in [1.29, 1.82) is 0 Å². The number of aromatic amines is 1. The summed E-state index contributed by atoms with van der Waals surface area (Å²) in [5, 5.41) is 1.36. The molecule has 0 saturated carbocycles. The summed E-state index contributed by atoms with van der Waals surface area (Å²) >= 11 is 0. The molecule has 2 aromatic carbocycles. The molecule has 24 heavy (non-hydrogen) atoms. The van der Waals surface area contributed by atoms with Gasteiger partial charge in [0.1, 0.15) is 0 Å². The summed E-state index contributed by atoms with van der Waals surface area (Å²) in [6.07, 6.45) is 4.70. The maximum absolute atomic E-state index is 4.32. The van der Waals surface area contributed by atoms with Gasteiger partial charge in [0, 0.05) is 17.1 Å². The van der Waals surface area contributed by atoms with Crippen molar-refractivity contribution in [2.75, 3.05) is 20.1 Å². The highest BCUT2D eigenvalue weighted by Crippen LogP contribution is 2.34. The fraction of sp³-hybridized carbons (Fsp3) is 0.273. The molecule has 1 saturated heterocycles. The van der Waals surface area contributed by atoms with Crippen molar-refractivity contribution in [3.63, 3.8) is 0 Å². The van der Waals surface area contributed by atoms with Crippen LogP contribution < -0.4 is 0 Å². The molecule has 3 aromatic rings. The van der Waals surface area contributed by atoms with Crippen LogP contribution in [0.1, 0.15) is 35.4 Å². The van der Waals surface area contributed by atoms with E-state index in [1.807, 2.05) is 6.07 Å². The zero-order valence-corrected chi connectivity index (χ0v) is 14.3. The van der Waals surface area contributed by atoms with Crippen molar-refractivity contribution >= 4 is 16.5 Å². The van der Waals surface area contributed by atoms with Gasteiger partial charge in [0.2, 0.25) is 0 Å². The van der Waals surface area contributed by atoms with E-state index in [1.165, 1.54) is 53.5 Å². The Bertz CT molecular complexity index is 852. The normalized spacial score (nSPS) is 16.5. The Morgan fingerprint density at radius 2 is 1.79 bits per heavy atom. The highest BCUT2D eigenvalue weighted by Gasteiger charge is 2.21. The Morgan fingerprint density at radius 3 is 2.54 bits per heavy atom.